The first-order chi connectivity index (χ1) is 12.3. The van der Waals surface area contributed by atoms with Gasteiger partial charge < -0.3 is 19.5 Å². The van der Waals surface area contributed by atoms with Crippen LogP contribution in [0.15, 0.2) is 9.52 Å². The molecular formula is C15H29IN6O4S. The zero-order valence-electron chi connectivity index (χ0n) is 16.2. The summed E-state index contributed by atoms with van der Waals surface area (Å²) in [7, 11) is -1.61. The van der Waals surface area contributed by atoms with E-state index in [0.717, 1.165) is 0 Å². The van der Waals surface area contributed by atoms with E-state index >= 15 is 0 Å². The van der Waals surface area contributed by atoms with Crippen LogP contribution in [-0.4, -0.2) is 85.4 Å². The van der Waals surface area contributed by atoms with Crippen molar-refractivity contribution in [3.05, 3.63) is 11.7 Å². The Morgan fingerprint density at radius 1 is 1.33 bits per heavy atom. The van der Waals surface area contributed by atoms with E-state index in [0.29, 0.717) is 50.4 Å². The Morgan fingerprint density at radius 3 is 2.52 bits per heavy atom. The molecule has 0 amide bonds. The molecule has 0 aliphatic carbocycles. The topological polar surface area (TPSA) is 113 Å². The lowest BCUT2D eigenvalue weighted by molar-refractivity contribution is 0.0904. The number of nitrogens with one attached hydrogen (secondary N) is 1. The van der Waals surface area contributed by atoms with Crippen molar-refractivity contribution >= 4 is 40.0 Å². The molecular weight excluding hydrogens is 487 g/mol. The summed E-state index contributed by atoms with van der Waals surface area (Å²) in [6, 6.07) is 0. The summed E-state index contributed by atoms with van der Waals surface area (Å²) in [4.78, 5) is 10.4. The number of piperazine rings is 1. The number of halogens is 1. The molecule has 1 saturated heterocycles. The van der Waals surface area contributed by atoms with Crippen LogP contribution in [0.4, 0.5) is 0 Å². The molecule has 1 aliphatic heterocycles. The predicted octanol–water partition coefficient (Wildman–Crippen LogP) is 0.444. The van der Waals surface area contributed by atoms with Crippen LogP contribution in [0.3, 0.4) is 0 Å². The van der Waals surface area contributed by atoms with Crippen molar-refractivity contribution in [3.8, 4) is 0 Å². The van der Waals surface area contributed by atoms with Gasteiger partial charge in [0.15, 0.2) is 11.8 Å². The highest BCUT2D eigenvalue weighted by Crippen LogP contribution is 2.09. The second-order valence-electron chi connectivity index (χ2n) is 6.26. The van der Waals surface area contributed by atoms with Gasteiger partial charge in [0.25, 0.3) is 0 Å². The maximum Gasteiger partial charge on any atom is 0.246 e. The lowest BCUT2D eigenvalue weighted by Crippen LogP contribution is -2.54. The molecule has 2 heterocycles. The fourth-order valence-electron chi connectivity index (χ4n) is 2.60. The lowest BCUT2D eigenvalue weighted by Gasteiger charge is -2.35. The fraction of sp³-hybridized carbons (Fsp3) is 0.800. The fourth-order valence-corrected chi connectivity index (χ4v) is 3.88. The van der Waals surface area contributed by atoms with Crippen molar-refractivity contribution in [1.29, 1.82) is 0 Å². The maximum absolute atomic E-state index is 12.4. The molecule has 27 heavy (non-hydrogen) atoms. The van der Waals surface area contributed by atoms with E-state index in [1.807, 2.05) is 18.7 Å². The Kier molecular flexibility index (Phi) is 9.90. The molecule has 0 radical (unpaired) electrons. The number of aromatic nitrogens is 2. The van der Waals surface area contributed by atoms with E-state index in [1.54, 1.807) is 14.0 Å². The summed E-state index contributed by atoms with van der Waals surface area (Å²) >= 11 is 0. The number of rotatable bonds is 7. The van der Waals surface area contributed by atoms with E-state index in [2.05, 4.69) is 20.4 Å². The van der Waals surface area contributed by atoms with Crippen molar-refractivity contribution in [3.63, 3.8) is 0 Å². The third-order valence-corrected chi connectivity index (χ3v) is 5.74. The summed E-state index contributed by atoms with van der Waals surface area (Å²) in [6.45, 7) is 8.09. The van der Waals surface area contributed by atoms with Crippen molar-refractivity contribution in [2.45, 2.75) is 33.4 Å². The van der Waals surface area contributed by atoms with Crippen molar-refractivity contribution in [2.75, 3.05) is 45.6 Å². The smallest absolute Gasteiger partial charge is 0.246 e. The molecule has 0 spiro atoms. The van der Waals surface area contributed by atoms with E-state index in [4.69, 9.17) is 9.26 Å². The van der Waals surface area contributed by atoms with Crippen LogP contribution in [0.25, 0.3) is 0 Å². The molecule has 1 fully saturated rings. The number of hydrogen-bond donors (Lipinski definition) is 1. The van der Waals surface area contributed by atoms with Gasteiger partial charge in [0, 0.05) is 33.2 Å². The SMILES string of the molecule is CN=C(NCc1nc(C)no1)N1CCN(S(=O)(=O)CCOC(C)C)CC1.I. The number of aryl methyl sites for hydroxylation is 1. The van der Waals surface area contributed by atoms with Gasteiger partial charge >= 0.3 is 0 Å². The molecule has 10 nitrogen and oxygen atoms in total. The van der Waals surface area contributed by atoms with Crippen LogP contribution >= 0.6 is 24.0 Å². The van der Waals surface area contributed by atoms with Crippen LogP contribution in [0, 0.1) is 6.92 Å². The van der Waals surface area contributed by atoms with E-state index in [9.17, 15) is 8.42 Å². The number of guanidine groups is 1. The summed E-state index contributed by atoms with van der Waals surface area (Å²) in [6.07, 6.45) is 0.0269. The lowest BCUT2D eigenvalue weighted by atomic mass is 10.4. The second-order valence-corrected chi connectivity index (χ2v) is 8.35. The minimum Gasteiger partial charge on any atom is -0.378 e. The van der Waals surface area contributed by atoms with E-state index in [1.165, 1.54) is 4.31 Å². The number of nitrogens with zero attached hydrogens (tertiary/aromatic N) is 5. The first-order valence-electron chi connectivity index (χ1n) is 8.66. The highest BCUT2D eigenvalue weighted by atomic mass is 127. The van der Waals surface area contributed by atoms with Gasteiger partial charge in [0.05, 0.1) is 25.0 Å². The van der Waals surface area contributed by atoms with E-state index in [-0.39, 0.29) is 42.4 Å². The molecule has 0 bridgehead atoms. The third kappa shape index (κ3) is 7.50. The van der Waals surface area contributed by atoms with Crippen LogP contribution < -0.4 is 5.32 Å². The molecule has 156 valence electrons. The molecule has 0 saturated carbocycles. The van der Waals surface area contributed by atoms with Crippen molar-refractivity contribution in [2.24, 2.45) is 4.99 Å². The quantitative estimate of drug-likeness (QED) is 0.316. The Bertz CT molecular complexity index is 701. The van der Waals surface area contributed by atoms with Gasteiger partial charge in [-0.15, -0.1) is 24.0 Å². The minimum atomic E-state index is -3.30. The average Bonchev–Trinajstić information content (AvgIpc) is 3.01. The minimum absolute atomic E-state index is 0. The van der Waals surface area contributed by atoms with Crippen LogP contribution in [-0.2, 0) is 21.3 Å². The normalized spacial score (nSPS) is 16.5. The van der Waals surface area contributed by atoms with Gasteiger partial charge in [0.2, 0.25) is 15.9 Å². The Hall–Kier alpha value is -0.990. The number of sulfonamides is 1. The monoisotopic (exact) mass is 516 g/mol. The van der Waals surface area contributed by atoms with E-state index < -0.39 is 10.0 Å². The molecule has 2 rings (SSSR count). The second kappa shape index (κ2) is 11.1. The molecule has 1 aliphatic rings. The van der Waals surface area contributed by atoms with Gasteiger partial charge in [-0.25, -0.2) is 8.42 Å². The summed E-state index contributed by atoms with van der Waals surface area (Å²) in [5.41, 5.74) is 0. The predicted molar refractivity (Wildman–Crippen MR) is 113 cm³/mol. The summed E-state index contributed by atoms with van der Waals surface area (Å²) in [5.74, 6) is 1.75. The molecule has 12 heteroatoms. The van der Waals surface area contributed by atoms with Crippen LogP contribution in [0.1, 0.15) is 25.6 Å². The van der Waals surface area contributed by atoms with Gasteiger partial charge in [-0.2, -0.15) is 9.29 Å². The summed E-state index contributed by atoms with van der Waals surface area (Å²) in [5, 5.41) is 6.90. The standard InChI is InChI=1S/C15H28N6O4S.HI/c1-12(2)24-9-10-26(22,23)21-7-5-20(6-8-21)15(16-4)17-11-14-18-13(3)19-25-14;/h12H,5-11H2,1-4H3,(H,16,17);1H. The number of aliphatic imine (C=N–C) groups is 1. The molecule has 0 atom stereocenters. The molecule has 1 aromatic rings. The largest absolute Gasteiger partial charge is 0.378 e. The highest BCUT2D eigenvalue weighted by molar-refractivity contribution is 14.0. The van der Waals surface area contributed by atoms with Crippen LogP contribution in [0.5, 0.6) is 0 Å². The average molecular weight is 516 g/mol. The van der Waals surface area contributed by atoms with Crippen LogP contribution in [0.2, 0.25) is 0 Å². The first-order valence-corrected chi connectivity index (χ1v) is 10.3. The maximum atomic E-state index is 12.4. The molecule has 1 aromatic heterocycles. The molecule has 0 aromatic carbocycles. The van der Waals surface area contributed by atoms with Crippen molar-refractivity contribution in [1.82, 2.24) is 24.7 Å². The Labute approximate surface area is 177 Å². The first kappa shape index (κ1) is 24.0. The zero-order chi connectivity index (χ0) is 19.2. The number of ether oxygens (including phenoxy) is 1. The van der Waals surface area contributed by atoms with Gasteiger partial charge in [-0.3, -0.25) is 4.99 Å². The van der Waals surface area contributed by atoms with Gasteiger partial charge in [-0.1, -0.05) is 5.16 Å². The van der Waals surface area contributed by atoms with Gasteiger partial charge in [-0.05, 0) is 20.8 Å². The summed E-state index contributed by atoms with van der Waals surface area (Å²) < 4.78 is 36.7. The zero-order valence-corrected chi connectivity index (χ0v) is 19.4. The molecule has 1 N–H and O–H groups in total. The Balaban J connectivity index is 0.00000364. The number of hydrogen-bond acceptors (Lipinski definition) is 7. The van der Waals surface area contributed by atoms with Gasteiger partial charge in [0.1, 0.15) is 0 Å². The van der Waals surface area contributed by atoms with Crippen molar-refractivity contribution < 1.29 is 17.7 Å². The molecule has 0 unspecified atom stereocenters. The highest BCUT2D eigenvalue weighted by Gasteiger charge is 2.28. The Morgan fingerprint density at radius 2 is 2.00 bits per heavy atom. The third-order valence-electron chi connectivity index (χ3n) is 3.90.